The van der Waals surface area contributed by atoms with Crippen molar-refractivity contribution in [2.75, 3.05) is 0 Å². The van der Waals surface area contributed by atoms with E-state index in [4.69, 9.17) is 0 Å². The summed E-state index contributed by atoms with van der Waals surface area (Å²) < 4.78 is 37.9. The van der Waals surface area contributed by atoms with Crippen LogP contribution in [0.25, 0.3) is 22.0 Å². The quantitative estimate of drug-likeness (QED) is 0.346. The zero-order chi connectivity index (χ0) is 22.3. The van der Waals surface area contributed by atoms with E-state index in [2.05, 4.69) is 38.9 Å². The monoisotopic (exact) mass is 434 g/mol. The number of halogens is 3. The highest BCUT2D eigenvalue weighted by Crippen LogP contribution is 2.36. The van der Waals surface area contributed by atoms with Gasteiger partial charge in [-0.2, -0.15) is 23.4 Å². The highest BCUT2D eigenvalue weighted by Gasteiger charge is 2.29. The summed E-state index contributed by atoms with van der Waals surface area (Å²) in [6.07, 6.45) is -1.06. The summed E-state index contributed by atoms with van der Waals surface area (Å²) in [5.41, 5.74) is 6.51. The first-order valence-electron chi connectivity index (χ1n) is 10.00. The van der Waals surface area contributed by atoms with Crippen molar-refractivity contribution >= 4 is 22.9 Å². The van der Waals surface area contributed by atoms with E-state index in [9.17, 15) is 18.0 Å². The molecule has 5 rings (SSSR count). The van der Waals surface area contributed by atoms with E-state index < -0.39 is 17.6 Å². The van der Waals surface area contributed by atoms with Crippen LogP contribution in [0.5, 0.6) is 0 Å². The number of nitrogens with one attached hydrogen (secondary N) is 2. The maximum Gasteiger partial charge on any atom is 0.416 e. The second kappa shape index (κ2) is 7.64. The number of benzene rings is 3. The Labute approximate surface area is 181 Å². The molecule has 0 unspecified atom stereocenters. The lowest BCUT2D eigenvalue weighted by molar-refractivity contribution is -0.137. The van der Waals surface area contributed by atoms with Gasteiger partial charge in [0.2, 0.25) is 0 Å². The van der Waals surface area contributed by atoms with Gasteiger partial charge >= 0.3 is 6.18 Å². The van der Waals surface area contributed by atoms with Crippen LogP contribution >= 0.6 is 0 Å². The Bertz CT molecular complexity index is 1340. The molecule has 0 radical (unpaired) electrons. The molecular weight excluding hydrogens is 417 g/mol. The van der Waals surface area contributed by atoms with Gasteiger partial charge in [-0.15, -0.1) is 0 Å². The number of hydrogen-bond acceptors (Lipinski definition) is 3. The normalized spacial score (nSPS) is 13.2. The first-order chi connectivity index (χ1) is 15.4. The molecule has 1 aliphatic rings. The van der Waals surface area contributed by atoms with Crippen LogP contribution in [0, 0.1) is 0 Å². The summed E-state index contributed by atoms with van der Waals surface area (Å²) in [5, 5.41) is 13.2. The Morgan fingerprint density at radius 2 is 1.78 bits per heavy atom. The largest absolute Gasteiger partial charge is 0.416 e. The number of carbonyl (C=O) groups is 1. The van der Waals surface area contributed by atoms with E-state index in [0.717, 1.165) is 35.9 Å². The van der Waals surface area contributed by atoms with Crippen molar-refractivity contribution in [3.8, 4) is 11.3 Å². The zero-order valence-corrected chi connectivity index (χ0v) is 16.7. The third-order valence-corrected chi connectivity index (χ3v) is 5.59. The van der Waals surface area contributed by atoms with Crippen LogP contribution in [0.3, 0.4) is 0 Å². The Kier molecular flexibility index (Phi) is 4.77. The Balaban J connectivity index is 1.32. The third-order valence-electron chi connectivity index (χ3n) is 5.59. The maximum absolute atomic E-state index is 12.6. The second-order valence-corrected chi connectivity index (χ2v) is 7.60. The lowest BCUT2D eigenvalue weighted by atomic mass is 9.98. The van der Waals surface area contributed by atoms with Gasteiger partial charge in [-0.1, -0.05) is 42.5 Å². The number of carbonyl (C=O) groups excluding carboxylic acids is 1. The third kappa shape index (κ3) is 3.64. The van der Waals surface area contributed by atoms with Gasteiger partial charge in [-0.25, -0.2) is 5.43 Å². The minimum absolute atomic E-state index is 0.229. The van der Waals surface area contributed by atoms with Gasteiger partial charge in [0, 0.05) is 5.56 Å². The van der Waals surface area contributed by atoms with Crippen molar-refractivity contribution in [2.24, 2.45) is 5.10 Å². The van der Waals surface area contributed by atoms with E-state index in [-0.39, 0.29) is 5.69 Å². The average molecular weight is 434 g/mol. The summed E-state index contributed by atoms with van der Waals surface area (Å²) in [7, 11) is 0. The molecule has 1 aromatic heterocycles. The Morgan fingerprint density at radius 1 is 1.03 bits per heavy atom. The van der Waals surface area contributed by atoms with E-state index in [1.807, 2.05) is 12.1 Å². The molecule has 4 aromatic rings. The lowest BCUT2D eigenvalue weighted by Gasteiger charge is -2.06. The van der Waals surface area contributed by atoms with E-state index in [0.29, 0.717) is 11.3 Å². The molecule has 32 heavy (non-hydrogen) atoms. The molecule has 5 nitrogen and oxygen atoms in total. The summed E-state index contributed by atoms with van der Waals surface area (Å²) in [6, 6.07) is 16.5. The molecule has 0 fully saturated rings. The van der Waals surface area contributed by atoms with Crippen molar-refractivity contribution in [1.82, 2.24) is 15.6 Å². The van der Waals surface area contributed by atoms with Gasteiger partial charge in [-0.3, -0.25) is 9.89 Å². The van der Waals surface area contributed by atoms with Gasteiger partial charge in [0.05, 0.1) is 17.5 Å². The van der Waals surface area contributed by atoms with Gasteiger partial charge in [0.1, 0.15) is 5.69 Å². The fourth-order valence-corrected chi connectivity index (χ4v) is 4.03. The van der Waals surface area contributed by atoms with Gasteiger partial charge in [-0.05, 0) is 58.5 Å². The molecule has 8 heteroatoms. The standard InChI is InChI=1S/C24H17F3N4O/c25-24(26,27)17-9-4-14(5-10-17)13-28-31-23(32)21-12-20(29-30-21)18-11-8-16-7-6-15-2-1-3-19(18)22(15)16/h1-5,8-13H,6-7H2,(H,29,30)(H,31,32). The van der Waals surface area contributed by atoms with Crippen LogP contribution in [0.2, 0.25) is 0 Å². The molecule has 0 spiro atoms. The summed E-state index contributed by atoms with van der Waals surface area (Å²) in [6.45, 7) is 0. The number of hydrazone groups is 1. The topological polar surface area (TPSA) is 70.1 Å². The highest BCUT2D eigenvalue weighted by atomic mass is 19.4. The van der Waals surface area contributed by atoms with E-state index >= 15 is 0 Å². The lowest BCUT2D eigenvalue weighted by Crippen LogP contribution is -2.18. The SMILES string of the molecule is O=C(NN=Cc1ccc(C(F)(F)F)cc1)c1cc(-c2ccc3c4c(cccc24)CC3)n[nH]1. The van der Waals surface area contributed by atoms with Crippen LogP contribution in [-0.4, -0.2) is 22.3 Å². The minimum Gasteiger partial charge on any atom is -0.272 e. The fraction of sp³-hybridized carbons (Fsp3) is 0.125. The first kappa shape index (κ1) is 20.0. The number of aromatic amines is 1. The molecule has 1 aliphatic carbocycles. The first-order valence-corrected chi connectivity index (χ1v) is 10.00. The molecule has 0 bridgehead atoms. The van der Waals surface area contributed by atoms with Gasteiger partial charge in [0.15, 0.2) is 0 Å². The molecule has 2 N–H and O–H groups in total. The molecule has 0 aliphatic heterocycles. The number of H-pyrrole nitrogens is 1. The second-order valence-electron chi connectivity index (χ2n) is 7.60. The zero-order valence-electron chi connectivity index (χ0n) is 16.7. The Hall–Kier alpha value is -3.94. The van der Waals surface area contributed by atoms with Crippen molar-refractivity contribution in [2.45, 2.75) is 19.0 Å². The summed E-state index contributed by atoms with van der Waals surface area (Å²) in [4.78, 5) is 12.4. The smallest absolute Gasteiger partial charge is 0.272 e. The number of amides is 1. The number of rotatable bonds is 4. The van der Waals surface area contributed by atoms with Gasteiger partial charge < -0.3 is 0 Å². The number of alkyl halides is 3. The Morgan fingerprint density at radius 3 is 2.53 bits per heavy atom. The fourth-order valence-electron chi connectivity index (χ4n) is 4.03. The molecule has 3 aromatic carbocycles. The predicted octanol–water partition coefficient (Wildman–Crippen LogP) is 5.11. The summed E-state index contributed by atoms with van der Waals surface area (Å²) >= 11 is 0. The molecular formula is C24H17F3N4O. The van der Waals surface area contributed by atoms with Crippen LogP contribution in [0.15, 0.2) is 65.8 Å². The van der Waals surface area contributed by atoms with Crippen molar-refractivity contribution < 1.29 is 18.0 Å². The van der Waals surface area contributed by atoms with Crippen molar-refractivity contribution in [1.29, 1.82) is 0 Å². The molecule has 1 heterocycles. The van der Waals surface area contributed by atoms with E-state index in [1.54, 1.807) is 6.07 Å². The molecule has 0 saturated carbocycles. The molecule has 0 saturated heterocycles. The van der Waals surface area contributed by atoms with Crippen LogP contribution in [-0.2, 0) is 19.0 Å². The minimum atomic E-state index is -4.40. The van der Waals surface area contributed by atoms with Crippen molar-refractivity contribution in [3.63, 3.8) is 0 Å². The number of aromatic nitrogens is 2. The van der Waals surface area contributed by atoms with E-state index in [1.165, 1.54) is 34.9 Å². The molecule has 160 valence electrons. The average Bonchev–Trinajstić information content (AvgIpc) is 3.43. The van der Waals surface area contributed by atoms with Crippen LogP contribution in [0.4, 0.5) is 13.2 Å². The van der Waals surface area contributed by atoms with Crippen LogP contribution in [0.1, 0.15) is 32.7 Å². The molecule has 1 amide bonds. The highest BCUT2D eigenvalue weighted by molar-refractivity contribution is 6.02. The summed E-state index contributed by atoms with van der Waals surface area (Å²) in [5.74, 6) is -0.502. The maximum atomic E-state index is 12.6. The molecule has 0 atom stereocenters. The number of hydrogen-bond donors (Lipinski definition) is 2. The number of aryl methyl sites for hydroxylation is 2. The van der Waals surface area contributed by atoms with Gasteiger partial charge in [0.25, 0.3) is 5.91 Å². The number of nitrogens with zero attached hydrogens (tertiary/aromatic N) is 2. The van der Waals surface area contributed by atoms with Crippen molar-refractivity contribution in [3.05, 3.63) is 88.6 Å². The predicted molar refractivity (Wildman–Crippen MR) is 115 cm³/mol. The van der Waals surface area contributed by atoms with Crippen LogP contribution < -0.4 is 5.43 Å².